The van der Waals surface area contributed by atoms with Crippen molar-refractivity contribution < 1.29 is 35.5 Å². The Morgan fingerprint density at radius 3 is 2.34 bits per heavy atom. The predicted molar refractivity (Wildman–Crippen MR) is 107 cm³/mol. The van der Waals surface area contributed by atoms with Gasteiger partial charge < -0.3 is 4.90 Å². The second-order valence-electron chi connectivity index (χ2n) is 7.83. The largest absolute Gasteiger partial charge is 0.419 e. The number of aromatic nitrogens is 4. The van der Waals surface area contributed by atoms with Crippen LogP contribution in [0.3, 0.4) is 0 Å². The molecule has 0 N–H and O–H groups in total. The lowest BCUT2D eigenvalue weighted by Crippen LogP contribution is -2.43. The summed E-state index contributed by atoms with van der Waals surface area (Å²) in [6.07, 6.45) is -2.37. The number of nitrogens with zero attached hydrogens (tertiary/aromatic N) is 5. The number of benzene rings is 1. The van der Waals surface area contributed by atoms with Gasteiger partial charge in [-0.05, 0) is 18.6 Å². The molecule has 3 aromatic rings. The fraction of sp³-hybridized carbons (Fsp3) is 0.318. The average molecular weight is 499 g/mol. The lowest BCUT2D eigenvalue weighted by atomic mass is 10.0. The minimum Gasteiger partial charge on any atom is -0.329 e. The van der Waals surface area contributed by atoms with Gasteiger partial charge in [0.05, 0.1) is 22.7 Å². The van der Waals surface area contributed by atoms with Crippen LogP contribution in [-0.4, -0.2) is 49.3 Å². The van der Waals surface area contributed by atoms with Crippen molar-refractivity contribution in [2.75, 3.05) is 6.54 Å². The van der Waals surface area contributed by atoms with E-state index < -0.39 is 65.3 Å². The van der Waals surface area contributed by atoms with Crippen LogP contribution in [0.15, 0.2) is 43.0 Å². The molecule has 0 radical (unpaired) electrons. The van der Waals surface area contributed by atoms with E-state index in [1.807, 2.05) is 0 Å². The molecule has 1 amide bonds. The van der Waals surface area contributed by atoms with E-state index >= 15 is 0 Å². The topological polar surface area (TPSA) is 71.9 Å². The smallest absolute Gasteiger partial charge is 0.329 e. The molecule has 4 rings (SSSR count). The van der Waals surface area contributed by atoms with E-state index in [9.17, 15) is 35.5 Å². The van der Waals surface area contributed by atoms with E-state index in [0.717, 1.165) is 11.0 Å². The SMILES string of the molecule is O=C(c1cc(F)cc(F)c1-c1ncccn1)N1CCC(F)(F)[C@H]1CCc1ncc(C(F)(F)F)cn1. The van der Waals surface area contributed by atoms with Crippen LogP contribution in [0.1, 0.15) is 34.6 Å². The molecular formula is C22H16F7N5O. The first-order chi connectivity index (χ1) is 16.5. The summed E-state index contributed by atoms with van der Waals surface area (Å²) in [5, 5.41) is 0. The van der Waals surface area contributed by atoms with Gasteiger partial charge in [-0.15, -0.1) is 0 Å². The first-order valence-corrected chi connectivity index (χ1v) is 10.3. The van der Waals surface area contributed by atoms with Gasteiger partial charge in [0.25, 0.3) is 11.8 Å². The van der Waals surface area contributed by atoms with E-state index in [1.54, 1.807) is 0 Å². The molecule has 3 heterocycles. The number of amides is 1. The summed E-state index contributed by atoms with van der Waals surface area (Å²) in [6, 6.07) is 0.994. The number of rotatable bonds is 5. The molecule has 1 aromatic carbocycles. The molecule has 6 nitrogen and oxygen atoms in total. The zero-order chi connectivity index (χ0) is 25.4. The number of aryl methyl sites for hydroxylation is 1. The number of carbonyl (C=O) groups is 1. The van der Waals surface area contributed by atoms with Crippen LogP contribution < -0.4 is 0 Å². The van der Waals surface area contributed by atoms with Crippen molar-refractivity contribution >= 4 is 5.91 Å². The van der Waals surface area contributed by atoms with Crippen LogP contribution in [0.4, 0.5) is 30.7 Å². The highest BCUT2D eigenvalue weighted by Gasteiger charge is 2.50. The second-order valence-corrected chi connectivity index (χ2v) is 7.83. The number of hydrogen-bond acceptors (Lipinski definition) is 5. The van der Waals surface area contributed by atoms with Crippen molar-refractivity contribution in [3.05, 3.63) is 71.6 Å². The van der Waals surface area contributed by atoms with Crippen LogP contribution in [0.2, 0.25) is 0 Å². The molecule has 0 spiro atoms. The van der Waals surface area contributed by atoms with Crippen LogP contribution in [0, 0.1) is 11.6 Å². The maximum absolute atomic E-state index is 14.7. The van der Waals surface area contributed by atoms with Crippen LogP contribution in [0.5, 0.6) is 0 Å². The van der Waals surface area contributed by atoms with E-state index in [1.165, 1.54) is 18.5 Å². The maximum atomic E-state index is 14.7. The van der Waals surface area contributed by atoms with Crippen LogP contribution in [0.25, 0.3) is 11.4 Å². The zero-order valence-electron chi connectivity index (χ0n) is 17.7. The summed E-state index contributed by atoms with van der Waals surface area (Å²) >= 11 is 0. The third-order valence-corrected chi connectivity index (χ3v) is 5.56. The van der Waals surface area contributed by atoms with Crippen molar-refractivity contribution in [2.24, 2.45) is 0 Å². The lowest BCUT2D eigenvalue weighted by molar-refractivity contribution is -0.138. The molecular weight excluding hydrogens is 483 g/mol. The molecule has 0 aliphatic carbocycles. The van der Waals surface area contributed by atoms with E-state index in [2.05, 4.69) is 19.9 Å². The van der Waals surface area contributed by atoms with Gasteiger partial charge in [0.2, 0.25) is 0 Å². The van der Waals surface area contributed by atoms with Crippen LogP contribution >= 0.6 is 0 Å². The van der Waals surface area contributed by atoms with Gasteiger partial charge in [0, 0.05) is 50.2 Å². The zero-order valence-corrected chi connectivity index (χ0v) is 17.7. The average Bonchev–Trinajstić information content (AvgIpc) is 3.10. The summed E-state index contributed by atoms with van der Waals surface area (Å²) in [5.74, 6) is -6.98. The highest BCUT2D eigenvalue weighted by Crippen LogP contribution is 2.38. The monoisotopic (exact) mass is 499 g/mol. The third kappa shape index (κ3) is 5.08. The minimum absolute atomic E-state index is 0.122. The second kappa shape index (κ2) is 9.19. The fourth-order valence-electron chi connectivity index (χ4n) is 3.88. The van der Waals surface area contributed by atoms with E-state index in [-0.39, 0.29) is 24.5 Å². The summed E-state index contributed by atoms with van der Waals surface area (Å²) in [7, 11) is 0. The number of carbonyl (C=O) groups excluding carboxylic acids is 1. The molecule has 1 aliphatic rings. The molecule has 35 heavy (non-hydrogen) atoms. The van der Waals surface area contributed by atoms with E-state index in [0.29, 0.717) is 18.5 Å². The molecule has 0 unspecified atom stereocenters. The maximum Gasteiger partial charge on any atom is 0.419 e. The van der Waals surface area contributed by atoms with Crippen molar-refractivity contribution in [1.82, 2.24) is 24.8 Å². The Morgan fingerprint density at radius 2 is 1.71 bits per heavy atom. The molecule has 0 saturated carbocycles. The molecule has 1 fully saturated rings. The highest BCUT2D eigenvalue weighted by molar-refractivity contribution is 6.00. The van der Waals surface area contributed by atoms with Gasteiger partial charge in [-0.2, -0.15) is 13.2 Å². The molecule has 1 saturated heterocycles. The Labute approximate surface area is 193 Å². The molecule has 184 valence electrons. The van der Waals surface area contributed by atoms with Gasteiger partial charge >= 0.3 is 6.18 Å². The quantitative estimate of drug-likeness (QED) is 0.476. The highest BCUT2D eigenvalue weighted by atomic mass is 19.4. The Morgan fingerprint density at radius 1 is 1.06 bits per heavy atom. The number of hydrogen-bond donors (Lipinski definition) is 0. The van der Waals surface area contributed by atoms with Gasteiger partial charge in [0.15, 0.2) is 5.82 Å². The Balaban J connectivity index is 1.61. The van der Waals surface area contributed by atoms with Crippen molar-refractivity contribution in [3.8, 4) is 11.4 Å². The first kappa shape index (κ1) is 24.5. The summed E-state index contributed by atoms with van der Waals surface area (Å²) in [6.45, 7) is -0.405. The van der Waals surface area contributed by atoms with Gasteiger partial charge in [0.1, 0.15) is 17.5 Å². The summed E-state index contributed by atoms with van der Waals surface area (Å²) in [4.78, 5) is 28.9. The first-order valence-electron chi connectivity index (χ1n) is 10.3. The van der Waals surface area contributed by atoms with Crippen molar-refractivity contribution in [1.29, 1.82) is 0 Å². The number of halogens is 7. The van der Waals surface area contributed by atoms with Crippen LogP contribution in [-0.2, 0) is 12.6 Å². The van der Waals surface area contributed by atoms with Crippen molar-refractivity contribution in [3.63, 3.8) is 0 Å². The fourth-order valence-corrected chi connectivity index (χ4v) is 3.88. The van der Waals surface area contributed by atoms with Crippen molar-refractivity contribution in [2.45, 2.75) is 37.4 Å². The lowest BCUT2D eigenvalue weighted by Gasteiger charge is -2.28. The predicted octanol–water partition coefficient (Wildman–Crippen LogP) is 4.71. The Bertz CT molecular complexity index is 1220. The third-order valence-electron chi connectivity index (χ3n) is 5.56. The molecule has 13 heteroatoms. The summed E-state index contributed by atoms with van der Waals surface area (Å²) < 4.78 is 96.1. The Kier molecular flexibility index (Phi) is 6.43. The summed E-state index contributed by atoms with van der Waals surface area (Å²) in [5.41, 5.74) is -2.05. The van der Waals surface area contributed by atoms with Gasteiger partial charge in [-0.25, -0.2) is 37.5 Å². The van der Waals surface area contributed by atoms with E-state index in [4.69, 9.17) is 0 Å². The normalized spacial score (nSPS) is 17.6. The molecule has 2 aromatic heterocycles. The van der Waals surface area contributed by atoms with Gasteiger partial charge in [-0.3, -0.25) is 4.79 Å². The minimum atomic E-state index is -4.65. The standard InChI is InChI=1S/C22H16F7N5O/c23-13-8-14(18(15(24)9-13)19-30-5-1-6-31-19)20(35)34-7-4-21(25,26)16(34)2-3-17-32-10-12(11-33-17)22(27,28)29/h1,5-6,8-11,16H,2-4,7H2/t16-/m1/s1. The molecule has 0 bridgehead atoms. The molecule has 1 atom stereocenters. The van der Waals surface area contributed by atoms with Gasteiger partial charge in [-0.1, -0.05) is 0 Å². The Hall–Kier alpha value is -3.64. The molecule has 1 aliphatic heterocycles. The number of alkyl halides is 5. The number of likely N-dealkylation sites (tertiary alicyclic amines) is 1.